The first-order valence-electron chi connectivity index (χ1n) is 17.8. The Morgan fingerprint density at radius 2 is 1.77 bits per heavy atom. The predicted octanol–water partition coefficient (Wildman–Crippen LogP) is 3.64. The van der Waals surface area contributed by atoms with E-state index in [0.29, 0.717) is 54.2 Å². The van der Waals surface area contributed by atoms with Crippen molar-refractivity contribution in [2.75, 3.05) is 27.3 Å². The number of amides is 2. The lowest BCUT2D eigenvalue weighted by Crippen LogP contribution is -2.52. The van der Waals surface area contributed by atoms with Gasteiger partial charge in [0.1, 0.15) is 17.8 Å². The van der Waals surface area contributed by atoms with Gasteiger partial charge in [0.25, 0.3) is 10.0 Å². The summed E-state index contributed by atoms with van der Waals surface area (Å²) < 4.78 is 38.9. The highest BCUT2D eigenvalue weighted by atomic mass is 32.2. The lowest BCUT2D eigenvalue weighted by molar-refractivity contribution is -0.146. The molecule has 52 heavy (non-hydrogen) atoms. The first-order valence-corrected chi connectivity index (χ1v) is 19.2. The van der Waals surface area contributed by atoms with E-state index in [4.69, 9.17) is 20.6 Å². The molecule has 0 saturated carbocycles. The van der Waals surface area contributed by atoms with Gasteiger partial charge in [-0.1, -0.05) is 56.3 Å². The molecule has 13 nitrogen and oxygen atoms in total. The quantitative estimate of drug-likeness (QED) is 0.0530. The van der Waals surface area contributed by atoms with Crippen molar-refractivity contribution in [3.05, 3.63) is 70.8 Å². The molecule has 0 bridgehead atoms. The summed E-state index contributed by atoms with van der Waals surface area (Å²) >= 11 is 0. The maximum absolute atomic E-state index is 14.0. The number of hydrogen-bond acceptors (Lipinski definition) is 9. The van der Waals surface area contributed by atoms with Crippen LogP contribution in [0.5, 0.6) is 5.75 Å². The number of sulfonamides is 1. The summed E-state index contributed by atoms with van der Waals surface area (Å²) in [5.74, 6) is -1.26. The summed E-state index contributed by atoms with van der Waals surface area (Å²) in [5.41, 5.74) is 8.98. The number of nitrogens with zero attached hydrogens (tertiary/aromatic N) is 1. The molecule has 3 rings (SSSR count). The van der Waals surface area contributed by atoms with Crippen molar-refractivity contribution in [3.63, 3.8) is 0 Å². The number of ether oxygens (including phenoxy) is 2. The number of hydrogen-bond donors (Lipinski definition) is 5. The molecule has 1 fully saturated rings. The van der Waals surface area contributed by atoms with Gasteiger partial charge in [-0.3, -0.25) is 15.0 Å². The second kappa shape index (κ2) is 19.4. The minimum absolute atomic E-state index is 0.0716. The van der Waals surface area contributed by atoms with Crippen LogP contribution in [-0.2, 0) is 35.6 Å². The van der Waals surface area contributed by atoms with Crippen LogP contribution >= 0.6 is 0 Å². The smallest absolute Gasteiger partial charge is 0.328 e. The molecule has 0 aromatic heterocycles. The molecular formula is C38H56N6O7S. The van der Waals surface area contributed by atoms with Crippen LogP contribution in [0.4, 0.5) is 0 Å². The standard InChI is InChI=1S/C38H56N6O7S/c1-24(2)21-30(39)18-17-29(23-28-13-9-8-10-14-28)36(46)44-20-12-16-32(44)35(45)42-31(37(47)51-7)15-11-19-41-38(40)43-52(48,49)34-25(3)22-33(50-6)26(4)27(34)5/h8-10,13-14,17-18,22,24,29-32H,11-12,15-16,19-21,23,39H2,1-7H3,(H,42,45)(H3,40,41,43)/b18-17+/t29-,30-,31+,32+/m1/s1. The molecule has 1 saturated heterocycles. The highest BCUT2D eigenvalue weighted by Gasteiger charge is 2.38. The predicted molar refractivity (Wildman–Crippen MR) is 201 cm³/mol. The number of carbonyl (C=O) groups excluding carboxylic acids is 3. The topological polar surface area (TPSA) is 193 Å². The number of likely N-dealkylation sites (tertiary alicyclic amines) is 1. The average molecular weight is 741 g/mol. The summed E-state index contributed by atoms with van der Waals surface area (Å²) in [7, 11) is -1.34. The van der Waals surface area contributed by atoms with Crippen LogP contribution in [0.2, 0.25) is 0 Å². The van der Waals surface area contributed by atoms with Crippen LogP contribution in [-0.4, -0.2) is 82.5 Å². The fraction of sp³-hybridized carbons (Fsp3) is 0.526. The molecule has 1 aliphatic heterocycles. The number of benzene rings is 2. The highest BCUT2D eigenvalue weighted by molar-refractivity contribution is 7.90. The Kier molecular flexibility index (Phi) is 15.7. The number of nitrogens with two attached hydrogens (primary N) is 1. The maximum Gasteiger partial charge on any atom is 0.328 e. The highest BCUT2D eigenvalue weighted by Crippen LogP contribution is 2.30. The summed E-state index contributed by atoms with van der Waals surface area (Å²) in [4.78, 5) is 42.0. The molecule has 2 amide bonds. The largest absolute Gasteiger partial charge is 0.496 e. The second-order valence-electron chi connectivity index (χ2n) is 13.8. The van der Waals surface area contributed by atoms with Gasteiger partial charge < -0.3 is 30.7 Å². The van der Waals surface area contributed by atoms with Gasteiger partial charge in [-0.15, -0.1) is 0 Å². The van der Waals surface area contributed by atoms with E-state index in [1.54, 1.807) is 31.7 Å². The molecular weight excluding hydrogens is 685 g/mol. The number of methoxy groups -OCH3 is 2. The Morgan fingerprint density at radius 3 is 2.40 bits per heavy atom. The number of aryl methyl sites for hydroxylation is 1. The number of esters is 1. The van der Waals surface area contributed by atoms with Crippen LogP contribution in [0.15, 0.2) is 53.4 Å². The molecule has 286 valence electrons. The van der Waals surface area contributed by atoms with E-state index in [-0.39, 0.29) is 36.2 Å². The van der Waals surface area contributed by atoms with Crippen LogP contribution in [0, 0.1) is 38.0 Å². The summed E-state index contributed by atoms with van der Waals surface area (Å²) in [6.45, 7) is 9.83. The van der Waals surface area contributed by atoms with Crippen molar-refractivity contribution in [1.29, 1.82) is 5.41 Å². The zero-order chi connectivity index (χ0) is 38.6. The van der Waals surface area contributed by atoms with E-state index in [1.165, 1.54) is 14.2 Å². The number of guanidine groups is 1. The van der Waals surface area contributed by atoms with Crippen molar-refractivity contribution < 1.29 is 32.3 Å². The van der Waals surface area contributed by atoms with Crippen LogP contribution in [0.1, 0.15) is 68.2 Å². The summed E-state index contributed by atoms with van der Waals surface area (Å²) in [6.07, 6.45) is 6.50. The fourth-order valence-corrected chi connectivity index (χ4v) is 8.05. The molecule has 0 spiro atoms. The van der Waals surface area contributed by atoms with E-state index in [9.17, 15) is 22.8 Å². The van der Waals surface area contributed by atoms with E-state index < -0.39 is 45.9 Å². The third kappa shape index (κ3) is 11.5. The molecule has 0 unspecified atom stereocenters. The van der Waals surface area contributed by atoms with Crippen molar-refractivity contribution in [2.45, 2.75) is 96.2 Å². The molecule has 1 aliphatic rings. The molecule has 6 N–H and O–H groups in total. The van der Waals surface area contributed by atoms with Crippen LogP contribution in [0.25, 0.3) is 0 Å². The third-order valence-electron chi connectivity index (χ3n) is 9.27. The third-order valence-corrected chi connectivity index (χ3v) is 10.9. The van der Waals surface area contributed by atoms with Crippen molar-refractivity contribution in [2.24, 2.45) is 17.6 Å². The van der Waals surface area contributed by atoms with Gasteiger partial charge in [-0.2, -0.15) is 0 Å². The zero-order valence-electron chi connectivity index (χ0n) is 31.5. The molecule has 14 heteroatoms. The SMILES string of the molecule is COC(=O)[C@H](CCCNC(=N)NS(=O)(=O)c1c(C)cc(OC)c(C)c1C)NC(=O)[C@@H]1CCCN1C(=O)[C@H](/C=C/[C@@H](N)CC(C)C)Cc1ccccc1. The number of nitrogens with one attached hydrogen (secondary N) is 4. The first kappa shape index (κ1) is 42.0. The normalized spacial score (nSPS) is 16.3. The Hall–Kier alpha value is -4.43. The van der Waals surface area contributed by atoms with Gasteiger partial charge in [0.05, 0.1) is 25.0 Å². The van der Waals surface area contributed by atoms with Gasteiger partial charge in [0.15, 0.2) is 0 Å². The van der Waals surface area contributed by atoms with E-state index >= 15 is 0 Å². The molecule has 0 aliphatic carbocycles. The molecule has 1 heterocycles. The first-order chi connectivity index (χ1) is 24.6. The average Bonchev–Trinajstić information content (AvgIpc) is 3.59. The monoisotopic (exact) mass is 740 g/mol. The Labute approximate surface area is 308 Å². The Balaban J connectivity index is 1.63. The molecule has 0 radical (unpaired) electrons. The van der Waals surface area contributed by atoms with Crippen molar-refractivity contribution in [1.82, 2.24) is 20.3 Å². The lowest BCUT2D eigenvalue weighted by Gasteiger charge is -2.28. The molecule has 4 atom stereocenters. The van der Waals surface area contributed by atoms with Crippen LogP contribution in [0.3, 0.4) is 0 Å². The fourth-order valence-electron chi connectivity index (χ4n) is 6.57. The van der Waals surface area contributed by atoms with Crippen LogP contribution < -0.4 is 25.8 Å². The second-order valence-corrected chi connectivity index (χ2v) is 15.4. The summed E-state index contributed by atoms with van der Waals surface area (Å²) in [5, 5.41) is 13.7. The molecule has 2 aromatic rings. The molecule has 2 aromatic carbocycles. The van der Waals surface area contributed by atoms with Gasteiger partial charge in [-0.25, -0.2) is 17.9 Å². The van der Waals surface area contributed by atoms with Gasteiger partial charge >= 0.3 is 5.97 Å². The van der Waals surface area contributed by atoms with E-state index in [1.807, 2.05) is 42.5 Å². The minimum atomic E-state index is -4.08. The Morgan fingerprint density at radius 1 is 1.08 bits per heavy atom. The van der Waals surface area contributed by atoms with E-state index in [2.05, 4.69) is 29.2 Å². The van der Waals surface area contributed by atoms with Gasteiger partial charge in [-0.05, 0) is 93.5 Å². The minimum Gasteiger partial charge on any atom is -0.496 e. The maximum atomic E-state index is 14.0. The summed E-state index contributed by atoms with van der Waals surface area (Å²) in [6, 6.07) is 9.36. The zero-order valence-corrected chi connectivity index (χ0v) is 32.3. The van der Waals surface area contributed by atoms with Gasteiger partial charge in [0, 0.05) is 19.1 Å². The number of carbonyl (C=O) groups is 3. The van der Waals surface area contributed by atoms with Crippen molar-refractivity contribution in [3.8, 4) is 5.75 Å². The Bertz CT molecular complexity index is 1700. The lowest BCUT2D eigenvalue weighted by atomic mass is 9.95. The number of rotatable bonds is 17. The van der Waals surface area contributed by atoms with Gasteiger partial charge in [0.2, 0.25) is 17.8 Å². The van der Waals surface area contributed by atoms with Crippen molar-refractivity contribution >= 4 is 33.8 Å². The van der Waals surface area contributed by atoms with E-state index in [0.717, 1.165) is 12.0 Å².